The van der Waals surface area contributed by atoms with Crippen molar-refractivity contribution in [3.05, 3.63) is 0 Å². The normalized spacial score (nSPS) is 27.5. The molecule has 2 rings (SSSR count). The highest BCUT2D eigenvalue weighted by Crippen LogP contribution is 2.27. The van der Waals surface area contributed by atoms with Crippen LogP contribution in [0, 0.1) is 5.92 Å². The lowest BCUT2D eigenvalue weighted by atomic mass is 9.84. The van der Waals surface area contributed by atoms with Crippen molar-refractivity contribution < 1.29 is 19.1 Å². The summed E-state index contributed by atoms with van der Waals surface area (Å²) in [7, 11) is 1.56. The van der Waals surface area contributed by atoms with Crippen LogP contribution in [-0.4, -0.2) is 49.9 Å². The Hall–Kier alpha value is -1.18. The van der Waals surface area contributed by atoms with E-state index in [1.807, 2.05) is 0 Å². The smallest absolute Gasteiger partial charge is 0.242 e. The number of nitrogens with two attached hydrogens (primary N) is 1. The largest absolute Gasteiger partial charge is 0.354 e. The number of carbonyl (C=O) groups excluding carboxylic acids is 2. The van der Waals surface area contributed by atoms with Crippen molar-refractivity contribution in [3.63, 3.8) is 0 Å². The van der Waals surface area contributed by atoms with Crippen LogP contribution in [0.25, 0.3) is 0 Å². The number of ether oxygens (including phenoxy) is 2. The van der Waals surface area contributed by atoms with Crippen LogP contribution in [0.2, 0.25) is 0 Å². The first-order valence-corrected chi connectivity index (χ1v) is 9.02. The number of carbonyl (C=O) groups is 2. The Balaban J connectivity index is 1.96. The monoisotopic (exact) mass is 341 g/mol. The quantitative estimate of drug-likeness (QED) is 0.631. The van der Waals surface area contributed by atoms with Crippen LogP contribution in [0.3, 0.4) is 0 Å². The maximum Gasteiger partial charge on any atom is 0.242 e. The summed E-state index contributed by atoms with van der Waals surface area (Å²) in [6, 6.07) is -1.36. The lowest BCUT2D eigenvalue weighted by Crippen LogP contribution is -2.54. The van der Waals surface area contributed by atoms with E-state index in [4.69, 9.17) is 15.2 Å². The van der Waals surface area contributed by atoms with E-state index in [-0.39, 0.29) is 17.9 Å². The Labute approximate surface area is 144 Å². The molecule has 4 N–H and O–H groups in total. The van der Waals surface area contributed by atoms with Crippen molar-refractivity contribution in [2.75, 3.05) is 13.7 Å². The molecule has 1 heterocycles. The van der Waals surface area contributed by atoms with Crippen LogP contribution >= 0.6 is 0 Å². The first-order valence-electron chi connectivity index (χ1n) is 9.02. The zero-order valence-corrected chi connectivity index (χ0v) is 14.8. The minimum absolute atomic E-state index is 0.174. The summed E-state index contributed by atoms with van der Waals surface area (Å²) < 4.78 is 10.6. The molecule has 138 valence electrons. The van der Waals surface area contributed by atoms with Gasteiger partial charge in [0.1, 0.15) is 6.04 Å². The van der Waals surface area contributed by atoms with Crippen molar-refractivity contribution in [3.8, 4) is 0 Å². The van der Waals surface area contributed by atoms with Gasteiger partial charge in [-0.05, 0) is 25.7 Å². The van der Waals surface area contributed by atoms with Gasteiger partial charge in [0, 0.05) is 7.11 Å². The fourth-order valence-electron chi connectivity index (χ4n) is 3.51. The number of rotatable bonds is 7. The van der Waals surface area contributed by atoms with Gasteiger partial charge in [0.2, 0.25) is 11.8 Å². The van der Waals surface area contributed by atoms with E-state index in [9.17, 15) is 9.59 Å². The van der Waals surface area contributed by atoms with E-state index in [0.29, 0.717) is 25.4 Å². The van der Waals surface area contributed by atoms with Gasteiger partial charge in [0.15, 0.2) is 6.29 Å². The van der Waals surface area contributed by atoms with Gasteiger partial charge in [-0.2, -0.15) is 0 Å². The van der Waals surface area contributed by atoms with Gasteiger partial charge in [-0.25, -0.2) is 0 Å². The van der Waals surface area contributed by atoms with Gasteiger partial charge >= 0.3 is 0 Å². The average Bonchev–Trinajstić information content (AvgIpc) is 3.02. The molecule has 1 saturated carbocycles. The third-order valence-electron chi connectivity index (χ3n) is 4.94. The van der Waals surface area contributed by atoms with Crippen LogP contribution in [0.15, 0.2) is 0 Å². The van der Waals surface area contributed by atoms with Crippen LogP contribution < -0.4 is 16.4 Å². The highest BCUT2D eigenvalue weighted by molar-refractivity contribution is 5.89. The minimum Gasteiger partial charge on any atom is -0.354 e. The first-order chi connectivity index (χ1) is 11.5. The van der Waals surface area contributed by atoms with Gasteiger partial charge in [-0.3, -0.25) is 9.59 Å². The third-order valence-corrected chi connectivity index (χ3v) is 4.94. The van der Waals surface area contributed by atoms with Crippen LogP contribution in [0.5, 0.6) is 0 Å². The van der Waals surface area contributed by atoms with Crippen molar-refractivity contribution in [2.24, 2.45) is 11.7 Å². The maximum atomic E-state index is 12.7. The van der Waals surface area contributed by atoms with Crippen molar-refractivity contribution in [1.82, 2.24) is 10.6 Å². The molecule has 1 aliphatic heterocycles. The first kappa shape index (κ1) is 19.1. The van der Waals surface area contributed by atoms with E-state index in [1.54, 1.807) is 14.0 Å². The Kier molecular flexibility index (Phi) is 7.45. The van der Waals surface area contributed by atoms with Crippen molar-refractivity contribution in [1.29, 1.82) is 0 Å². The highest BCUT2D eigenvalue weighted by atomic mass is 16.7. The molecule has 0 bridgehead atoms. The van der Waals surface area contributed by atoms with Gasteiger partial charge in [0.25, 0.3) is 0 Å². The molecule has 1 saturated heterocycles. The Bertz CT molecular complexity index is 424. The molecule has 7 heteroatoms. The SMILES string of the molecule is COC1OCC[C@@H]1NC(=O)[C@H](CC1CCCCC1)NC(=O)[C@H](C)N. The van der Waals surface area contributed by atoms with Crippen LogP contribution in [0.4, 0.5) is 0 Å². The summed E-state index contributed by atoms with van der Waals surface area (Å²) >= 11 is 0. The van der Waals surface area contributed by atoms with Crippen molar-refractivity contribution in [2.45, 2.75) is 76.3 Å². The standard InChI is InChI=1S/C17H31N3O4/c1-11(18)15(21)20-14(10-12-6-4-3-5-7-12)16(22)19-13-8-9-24-17(13)23-2/h11-14,17H,3-10,18H2,1-2H3,(H,19,22)(H,20,21)/t11-,13-,14-,17?/m0/s1. The van der Waals surface area contributed by atoms with E-state index in [1.165, 1.54) is 19.3 Å². The maximum absolute atomic E-state index is 12.7. The number of hydrogen-bond acceptors (Lipinski definition) is 5. The molecular formula is C17H31N3O4. The Morgan fingerprint density at radius 3 is 2.54 bits per heavy atom. The molecule has 0 radical (unpaired) electrons. The lowest BCUT2D eigenvalue weighted by Gasteiger charge is -2.28. The van der Waals surface area contributed by atoms with E-state index < -0.39 is 18.4 Å². The number of amides is 2. The Morgan fingerprint density at radius 1 is 1.21 bits per heavy atom. The third kappa shape index (κ3) is 5.43. The van der Waals surface area contributed by atoms with E-state index in [2.05, 4.69) is 10.6 Å². The van der Waals surface area contributed by atoms with Gasteiger partial charge < -0.3 is 25.8 Å². The predicted molar refractivity (Wildman–Crippen MR) is 90.1 cm³/mol. The van der Waals surface area contributed by atoms with Gasteiger partial charge in [-0.15, -0.1) is 0 Å². The van der Waals surface area contributed by atoms with E-state index in [0.717, 1.165) is 12.8 Å². The fraction of sp³-hybridized carbons (Fsp3) is 0.882. The second-order valence-electron chi connectivity index (χ2n) is 6.97. The molecule has 4 atom stereocenters. The van der Waals surface area contributed by atoms with Gasteiger partial charge in [0.05, 0.1) is 18.7 Å². The molecule has 0 aromatic heterocycles. The number of methoxy groups -OCH3 is 1. The molecule has 7 nitrogen and oxygen atoms in total. The highest BCUT2D eigenvalue weighted by Gasteiger charge is 2.33. The topological polar surface area (TPSA) is 103 Å². The second-order valence-corrected chi connectivity index (χ2v) is 6.97. The molecule has 2 fully saturated rings. The molecule has 0 aromatic rings. The molecular weight excluding hydrogens is 310 g/mol. The molecule has 0 spiro atoms. The van der Waals surface area contributed by atoms with Crippen LogP contribution in [-0.2, 0) is 19.1 Å². The number of nitrogens with one attached hydrogen (secondary N) is 2. The minimum atomic E-state index is -0.631. The molecule has 0 aromatic carbocycles. The summed E-state index contributed by atoms with van der Waals surface area (Å²) in [6.07, 6.45) is 6.83. The average molecular weight is 341 g/mol. The van der Waals surface area contributed by atoms with Gasteiger partial charge in [-0.1, -0.05) is 32.1 Å². The second kappa shape index (κ2) is 9.34. The summed E-state index contributed by atoms with van der Waals surface area (Å²) in [5.41, 5.74) is 5.64. The molecule has 24 heavy (non-hydrogen) atoms. The predicted octanol–water partition coefficient (Wildman–Crippen LogP) is 0.666. The number of hydrogen-bond donors (Lipinski definition) is 3. The zero-order valence-electron chi connectivity index (χ0n) is 14.8. The van der Waals surface area contributed by atoms with E-state index >= 15 is 0 Å². The summed E-state index contributed by atoms with van der Waals surface area (Å²) in [5.74, 6) is 0.00461. The van der Waals surface area contributed by atoms with Crippen LogP contribution in [0.1, 0.15) is 51.9 Å². The summed E-state index contributed by atoms with van der Waals surface area (Å²) in [4.78, 5) is 24.7. The molecule has 2 amide bonds. The molecule has 1 unspecified atom stereocenters. The molecule has 1 aliphatic carbocycles. The van der Waals surface area contributed by atoms with Crippen molar-refractivity contribution >= 4 is 11.8 Å². The Morgan fingerprint density at radius 2 is 1.92 bits per heavy atom. The zero-order chi connectivity index (χ0) is 17.5. The lowest BCUT2D eigenvalue weighted by molar-refractivity contribution is -0.134. The fourth-order valence-corrected chi connectivity index (χ4v) is 3.51. The summed E-state index contributed by atoms with van der Waals surface area (Å²) in [6.45, 7) is 2.18. The molecule has 2 aliphatic rings. The summed E-state index contributed by atoms with van der Waals surface area (Å²) in [5, 5.41) is 5.78.